The van der Waals surface area contributed by atoms with Crippen LogP contribution in [0.2, 0.25) is 0 Å². The number of rotatable bonds is 4. The number of piperazine rings is 1. The third-order valence-electron chi connectivity index (χ3n) is 4.63. The molecular weight excluding hydrogens is 322 g/mol. The lowest BCUT2D eigenvalue weighted by atomic mass is 10.0. The summed E-state index contributed by atoms with van der Waals surface area (Å²) in [5, 5.41) is 5.53. The van der Waals surface area contributed by atoms with Crippen LogP contribution in [-0.4, -0.2) is 47.5 Å². The van der Waals surface area contributed by atoms with Gasteiger partial charge in [-0.2, -0.15) is 0 Å². The van der Waals surface area contributed by atoms with Gasteiger partial charge in [-0.1, -0.05) is 31.0 Å². The fourth-order valence-corrected chi connectivity index (χ4v) is 3.36. The maximum atomic E-state index is 12.5. The van der Waals surface area contributed by atoms with E-state index in [1.54, 1.807) is 17.0 Å². The van der Waals surface area contributed by atoms with E-state index in [1.807, 2.05) is 26.0 Å². The van der Waals surface area contributed by atoms with Crippen molar-refractivity contribution in [3.63, 3.8) is 0 Å². The van der Waals surface area contributed by atoms with Crippen LogP contribution in [0.3, 0.4) is 0 Å². The quantitative estimate of drug-likeness (QED) is 0.862. The number of aryl methyl sites for hydroxylation is 1. The van der Waals surface area contributed by atoms with E-state index in [4.69, 9.17) is 4.74 Å². The van der Waals surface area contributed by atoms with E-state index in [1.165, 1.54) is 0 Å². The Labute approximate surface area is 146 Å². The molecule has 0 saturated carbocycles. The van der Waals surface area contributed by atoms with Crippen molar-refractivity contribution in [3.05, 3.63) is 29.8 Å². The molecule has 3 rings (SSSR count). The summed E-state index contributed by atoms with van der Waals surface area (Å²) in [5.74, 6) is 0.243. The Bertz CT molecular complexity index is 673. The third-order valence-corrected chi connectivity index (χ3v) is 4.63. The van der Waals surface area contributed by atoms with Gasteiger partial charge in [-0.15, -0.1) is 0 Å². The fourth-order valence-electron chi connectivity index (χ4n) is 3.36. The number of hydrogen-bond acceptors (Lipinski definition) is 4. The molecule has 0 aromatic heterocycles. The lowest BCUT2D eigenvalue weighted by molar-refractivity contribution is -0.147. The van der Waals surface area contributed by atoms with Crippen LogP contribution in [0.15, 0.2) is 24.3 Å². The minimum absolute atomic E-state index is 0.0670. The van der Waals surface area contributed by atoms with Gasteiger partial charge in [0.2, 0.25) is 11.8 Å². The summed E-state index contributed by atoms with van der Waals surface area (Å²) in [7, 11) is 0. The summed E-state index contributed by atoms with van der Waals surface area (Å²) in [5.41, 5.74) is 1.08. The minimum Gasteiger partial charge on any atom is -0.410 e. The van der Waals surface area contributed by atoms with Gasteiger partial charge in [-0.25, -0.2) is 4.79 Å². The molecule has 0 bridgehead atoms. The Morgan fingerprint density at radius 3 is 2.72 bits per heavy atom. The number of fused-ring (bicyclic) bond motifs is 1. The molecule has 2 aliphatic heterocycles. The van der Waals surface area contributed by atoms with E-state index < -0.39 is 18.2 Å². The predicted molar refractivity (Wildman–Crippen MR) is 91.1 cm³/mol. The van der Waals surface area contributed by atoms with Gasteiger partial charge in [-0.05, 0) is 31.9 Å². The largest absolute Gasteiger partial charge is 0.412 e. The van der Waals surface area contributed by atoms with Crippen LogP contribution in [0.1, 0.15) is 31.7 Å². The highest BCUT2D eigenvalue weighted by atomic mass is 16.6. The van der Waals surface area contributed by atoms with Crippen molar-refractivity contribution in [1.82, 2.24) is 15.5 Å². The zero-order valence-electron chi connectivity index (χ0n) is 14.5. The maximum absolute atomic E-state index is 12.5. The van der Waals surface area contributed by atoms with Gasteiger partial charge < -0.3 is 20.3 Å². The lowest BCUT2D eigenvalue weighted by Gasteiger charge is -2.34. The average molecular weight is 345 g/mol. The first kappa shape index (κ1) is 17.3. The Hall–Kier alpha value is -2.57. The summed E-state index contributed by atoms with van der Waals surface area (Å²) in [4.78, 5) is 38.3. The predicted octanol–water partition coefficient (Wildman–Crippen LogP) is 1.35. The molecule has 7 heteroatoms. The highest BCUT2D eigenvalue weighted by molar-refractivity contribution is 5.97. The van der Waals surface area contributed by atoms with Gasteiger partial charge in [0.15, 0.2) is 0 Å². The first-order valence-corrected chi connectivity index (χ1v) is 8.63. The van der Waals surface area contributed by atoms with Crippen molar-refractivity contribution < 1.29 is 19.1 Å². The molecule has 0 unspecified atom stereocenters. The molecule has 25 heavy (non-hydrogen) atoms. The maximum Gasteiger partial charge on any atom is 0.412 e. The molecule has 0 spiro atoms. The summed E-state index contributed by atoms with van der Waals surface area (Å²) in [6.07, 6.45) is 1.27. The molecule has 3 atom stereocenters. The standard InChI is InChI=1S/C18H23N3O4/c1-3-4-14-17(23)21-10-12(9-15(21)16(22)20-14)19-18(24)25-13-7-5-11(2)6-8-13/h5-8,12,14-15H,3-4,9-10H2,1-2H3,(H,19,24)(H,20,22)/t12-,14-,15-/m0/s1. The molecule has 1 aromatic carbocycles. The van der Waals surface area contributed by atoms with E-state index in [-0.39, 0.29) is 17.9 Å². The van der Waals surface area contributed by atoms with Crippen LogP contribution < -0.4 is 15.4 Å². The van der Waals surface area contributed by atoms with Gasteiger partial charge in [0.1, 0.15) is 17.8 Å². The summed E-state index contributed by atoms with van der Waals surface area (Å²) in [6, 6.07) is 5.90. The first-order chi connectivity index (χ1) is 12.0. The van der Waals surface area contributed by atoms with E-state index in [9.17, 15) is 14.4 Å². The molecule has 2 aliphatic rings. The smallest absolute Gasteiger partial charge is 0.410 e. The molecule has 0 radical (unpaired) electrons. The lowest BCUT2D eigenvalue weighted by Crippen LogP contribution is -2.61. The van der Waals surface area contributed by atoms with Crippen molar-refractivity contribution >= 4 is 17.9 Å². The van der Waals surface area contributed by atoms with Gasteiger partial charge in [0.05, 0.1) is 6.04 Å². The normalized spacial score (nSPS) is 25.4. The van der Waals surface area contributed by atoms with Crippen molar-refractivity contribution in [2.24, 2.45) is 0 Å². The second-order valence-electron chi connectivity index (χ2n) is 6.64. The van der Waals surface area contributed by atoms with Crippen LogP contribution in [0.25, 0.3) is 0 Å². The average Bonchev–Trinajstić information content (AvgIpc) is 2.99. The fraction of sp³-hybridized carbons (Fsp3) is 0.500. The third kappa shape index (κ3) is 3.75. The molecule has 2 fully saturated rings. The van der Waals surface area contributed by atoms with Crippen LogP contribution in [0.4, 0.5) is 4.79 Å². The second-order valence-corrected chi connectivity index (χ2v) is 6.64. The Balaban J connectivity index is 1.58. The van der Waals surface area contributed by atoms with Crippen molar-refractivity contribution in [1.29, 1.82) is 0 Å². The van der Waals surface area contributed by atoms with E-state index in [0.717, 1.165) is 12.0 Å². The number of benzene rings is 1. The number of nitrogens with one attached hydrogen (secondary N) is 2. The number of carbonyl (C=O) groups is 3. The second kappa shape index (κ2) is 7.13. The van der Waals surface area contributed by atoms with Crippen LogP contribution in [-0.2, 0) is 9.59 Å². The van der Waals surface area contributed by atoms with Crippen molar-refractivity contribution in [2.45, 2.75) is 51.2 Å². The summed E-state index contributed by atoms with van der Waals surface area (Å²) >= 11 is 0. The Kier molecular flexibility index (Phi) is 4.92. The highest BCUT2D eigenvalue weighted by Gasteiger charge is 2.46. The van der Waals surface area contributed by atoms with Gasteiger partial charge in [0.25, 0.3) is 0 Å². The van der Waals surface area contributed by atoms with Gasteiger partial charge in [0, 0.05) is 6.54 Å². The summed E-state index contributed by atoms with van der Waals surface area (Å²) in [6.45, 7) is 4.26. The monoisotopic (exact) mass is 345 g/mol. The molecule has 0 aliphatic carbocycles. The van der Waals surface area contributed by atoms with Crippen LogP contribution in [0.5, 0.6) is 5.75 Å². The number of nitrogens with zero attached hydrogens (tertiary/aromatic N) is 1. The molecule has 2 heterocycles. The van der Waals surface area contributed by atoms with E-state index in [0.29, 0.717) is 25.1 Å². The Morgan fingerprint density at radius 1 is 1.32 bits per heavy atom. The molecule has 1 aromatic rings. The van der Waals surface area contributed by atoms with Gasteiger partial charge >= 0.3 is 6.09 Å². The molecule has 2 saturated heterocycles. The number of amides is 3. The number of carbonyl (C=O) groups excluding carboxylic acids is 3. The van der Waals surface area contributed by atoms with Crippen LogP contribution >= 0.6 is 0 Å². The Morgan fingerprint density at radius 2 is 2.04 bits per heavy atom. The molecule has 134 valence electrons. The minimum atomic E-state index is -0.577. The summed E-state index contributed by atoms with van der Waals surface area (Å²) < 4.78 is 5.24. The molecular formula is C18H23N3O4. The zero-order chi connectivity index (χ0) is 18.0. The molecule has 2 N–H and O–H groups in total. The van der Waals surface area contributed by atoms with E-state index >= 15 is 0 Å². The zero-order valence-corrected chi connectivity index (χ0v) is 14.5. The highest BCUT2D eigenvalue weighted by Crippen LogP contribution is 2.24. The molecule has 3 amide bonds. The molecule has 7 nitrogen and oxygen atoms in total. The number of ether oxygens (including phenoxy) is 1. The van der Waals surface area contributed by atoms with Gasteiger partial charge in [-0.3, -0.25) is 9.59 Å². The van der Waals surface area contributed by atoms with E-state index in [2.05, 4.69) is 10.6 Å². The van der Waals surface area contributed by atoms with Crippen LogP contribution in [0, 0.1) is 6.92 Å². The first-order valence-electron chi connectivity index (χ1n) is 8.63. The SMILES string of the molecule is CCC[C@@H]1NC(=O)[C@@H]2C[C@H](NC(=O)Oc3ccc(C)cc3)CN2C1=O. The van der Waals surface area contributed by atoms with Crippen molar-refractivity contribution in [2.75, 3.05) is 6.54 Å². The van der Waals surface area contributed by atoms with Crippen molar-refractivity contribution in [3.8, 4) is 5.75 Å². The topological polar surface area (TPSA) is 87.7 Å². The number of hydrogen-bond donors (Lipinski definition) is 2.